The van der Waals surface area contributed by atoms with E-state index in [0.29, 0.717) is 17.6 Å². The summed E-state index contributed by atoms with van der Waals surface area (Å²) < 4.78 is 0. The average molecular weight is 201 g/mol. The summed E-state index contributed by atoms with van der Waals surface area (Å²) in [6.45, 7) is 5.29. The Hall–Kier alpha value is -1.90. The highest BCUT2D eigenvalue weighted by atomic mass is 16.1. The quantitative estimate of drug-likeness (QED) is 0.587. The first-order valence-corrected chi connectivity index (χ1v) is 4.71. The minimum Gasteiger partial charge on any atom is -0.326 e. The third-order valence-corrected chi connectivity index (χ3v) is 2.38. The van der Waals surface area contributed by atoms with Crippen LogP contribution in [0.2, 0.25) is 0 Å². The molecule has 0 atom stereocenters. The number of amides is 1. The first-order valence-electron chi connectivity index (χ1n) is 4.71. The zero-order valence-electron chi connectivity index (χ0n) is 8.46. The summed E-state index contributed by atoms with van der Waals surface area (Å²) in [5.74, 6) is -0.0953. The Balaban J connectivity index is 2.39. The van der Waals surface area contributed by atoms with Gasteiger partial charge in [-0.25, -0.2) is 0 Å². The molecule has 0 radical (unpaired) electrons. The molecule has 0 saturated carbocycles. The van der Waals surface area contributed by atoms with Crippen molar-refractivity contribution in [3.8, 4) is 0 Å². The summed E-state index contributed by atoms with van der Waals surface area (Å²) in [6, 6.07) is 5.22. The van der Waals surface area contributed by atoms with Crippen molar-refractivity contribution >= 4 is 17.4 Å². The number of allylic oxidation sites excluding steroid dienone is 1. The molecule has 1 heterocycles. The van der Waals surface area contributed by atoms with E-state index in [1.807, 2.05) is 0 Å². The van der Waals surface area contributed by atoms with Crippen molar-refractivity contribution in [1.82, 2.24) is 0 Å². The number of Topliss-reactive ketones (excluding diaryl/α,β-unsaturated/α-hetero) is 1. The Labute approximate surface area is 87.8 Å². The Morgan fingerprint density at radius 1 is 1.47 bits per heavy atom. The Morgan fingerprint density at radius 3 is 2.87 bits per heavy atom. The van der Waals surface area contributed by atoms with Gasteiger partial charge in [-0.1, -0.05) is 6.58 Å². The van der Waals surface area contributed by atoms with Crippen molar-refractivity contribution in [2.24, 2.45) is 0 Å². The lowest BCUT2D eigenvalue weighted by atomic mass is 10.0. The second-order valence-corrected chi connectivity index (χ2v) is 3.71. The van der Waals surface area contributed by atoms with Crippen LogP contribution in [0.5, 0.6) is 0 Å². The summed E-state index contributed by atoms with van der Waals surface area (Å²) >= 11 is 0. The van der Waals surface area contributed by atoms with E-state index in [9.17, 15) is 9.59 Å². The fourth-order valence-corrected chi connectivity index (χ4v) is 1.62. The van der Waals surface area contributed by atoms with E-state index in [1.165, 1.54) is 0 Å². The van der Waals surface area contributed by atoms with Gasteiger partial charge in [0.25, 0.3) is 0 Å². The second-order valence-electron chi connectivity index (χ2n) is 3.71. The van der Waals surface area contributed by atoms with Crippen molar-refractivity contribution < 1.29 is 9.59 Å². The highest BCUT2D eigenvalue weighted by Gasteiger charge is 2.18. The topological polar surface area (TPSA) is 46.2 Å². The zero-order chi connectivity index (χ0) is 11.0. The van der Waals surface area contributed by atoms with Crippen LogP contribution >= 0.6 is 0 Å². The molecule has 1 N–H and O–H groups in total. The van der Waals surface area contributed by atoms with Gasteiger partial charge in [-0.05, 0) is 36.3 Å². The molecule has 0 aliphatic carbocycles. The maximum absolute atomic E-state index is 11.6. The number of ketones is 1. The molecule has 15 heavy (non-hydrogen) atoms. The molecular weight excluding hydrogens is 190 g/mol. The Kier molecular flexibility index (Phi) is 2.15. The normalized spacial score (nSPS) is 13.3. The number of hydrogen-bond acceptors (Lipinski definition) is 2. The van der Waals surface area contributed by atoms with E-state index in [0.717, 1.165) is 11.3 Å². The first kappa shape index (κ1) is 9.65. The van der Waals surface area contributed by atoms with Crippen molar-refractivity contribution in [2.45, 2.75) is 13.3 Å². The van der Waals surface area contributed by atoms with E-state index in [-0.39, 0.29) is 11.7 Å². The number of nitrogens with one attached hydrogen (secondary N) is 1. The fourth-order valence-electron chi connectivity index (χ4n) is 1.62. The Morgan fingerprint density at radius 2 is 2.20 bits per heavy atom. The van der Waals surface area contributed by atoms with Gasteiger partial charge >= 0.3 is 0 Å². The lowest BCUT2D eigenvalue weighted by Crippen LogP contribution is -2.03. The molecule has 0 fully saturated rings. The highest BCUT2D eigenvalue weighted by Crippen LogP contribution is 2.24. The standard InChI is InChI=1S/C12H11NO2/c1-7(2)12(15)8-3-4-10-9(5-8)6-11(14)13-10/h3-5H,1,6H2,2H3,(H,13,14). The van der Waals surface area contributed by atoms with Gasteiger partial charge in [0.1, 0.15) is 0 Å². The second kappa shape index (κ2) is 3.35. The minimum absolute atomic E-state index is 0.0232. The predicted molar refractivity (Wildman–Crippen MR) is 57.9 cm³/mol. The van der Waals surface area contributed by atoms with E-state index in [1.54, 1.807) is 25.1 Å². The van der Waals surface area contributed by atoms with Gasteiger partial charge in [-0.3, -0.25) is 9.59 Å². The van der Waals surface area contributed by atoms with Crippen LogP contribution in [0.15, 0.2) is 30.4 Å². The van der Waals surface area contributed by atoms with Gasteiger partial charge in [-0.2, -0.15) is 0 Å². The fraction of sp³-hybridized carbons (Fsp3) is 0.167. The molecule has 3 nitrogen and oxygen atoms in total. The largest absolute Gasteiger partial charge is 0.326 e. The Bertz CT molecular complexity index is 475. The number of hydrogen-bond donors (Lipinski definition) is 1. The number of rotatable bonds is 2. The van der Waals surface area contributed by atoms with E-state index < -0.39 is 0 Å². The monoisotopic (exact) mass is 201 g/mol. The summed E-state index contributed by atoms with van der Waals surface area (Å²) in [7, 11) is 0. The number of carbonyl (C=O) groups is 2. The van der Waals surface area contributed by atoms with Gasteiger partial charge in [0.05, 0.1) is 6.42 Å². The molecule has 0 bridgehead atoms. The highest BCUT2D eigenvalue weighted by molar-refractivity contribution is 6.09. The third-order valence-electron chi connectivity index (χ3n) is 2.38. The van der Waals surface area contributed by atoms with Crippen molar-refractivity contribution in [2.75, 3.05) is 5.32 Å². The number of fused-ring (bicyclic) bond motifs is 1. The van der Waals surface area contributed by atoms with Crippen LogP contribution in [-0.4, -0.2) is 11.7 Å². The van der Waals surface area contributed by atoms with E-state index in [4.69, 9.17) is 0 Å². The van der Waals surface area contributed by atoms with Crippen molar-refractivity contribution in [3.63, 3.8) is 0 Å². The first-order chi connectivity index (χ1) is 7.08. The van der Waals surface area contributed by atoms with Crippen LogP contribution in [0.25, 0.3) is 0 Å². The summed E-state index contributed by atoms with van der Waals surface area (Å²) in [5, 5.41) is 2.72. The van der Waals surface area contributed by atoms with Crippen LogP contribution < -0.4 is 5.32 Å². The zero-order valence-corrected chi connectivity index (χ0v) is 8.46. The molecular formula is C12H11NO2. The summed E-state index contributed by atoms with van der Waals surface area (Å²) in [6.07, 6.45) is 0.354. The van der Waals surface area contributed by atoms with Gasteiger partial charge in [0, 0.05) is 11.3 Å². The molecule has 3 heteroatoms. The lowest BCUT2D eigenvalue weighted by Gasteiger charge is -2.02. The van der Waals surface area contributed by atoms with Crippen LogP contribution in [0, 0.1) is 0 Å². The summed E-state index contributed by atoms with van der Waals surface area (Å²) in [4.78, 5) is 22.7. The molecule has 1 aromatic rings. The predicted octanol–water partition coefficient (Wildman–Crippen LogP) is 1.94. The number of carbonyl (C=O) groups excluding carboxylic acids is 2. The molecule has 1 amide bonds. The maximum Gasteiger partial charge on any atom is 0.228 e. The average Bonchev–Trinajstić information content (AvgIpc) is 2.55. The van der Waals surface area contributed by atoms with E-state index >= 15 is 0 Å². The number of anilines is 1. The SMILES string of the molecule is C=C(C)C(=O)c1ccc2c(c1)CC(=O)N2. The van der Waals surface area contributed by atoms with Gasteiger partial charge < -0.3 is 5.32 Å². The molecule has 0 aromatic heterocycles. The molecule has 2 rings (SSSR count). The molecule has 76 valence electrons. The number of benzene rings is 1. The van der Waals surface area contributed by atoms with Crippen molar-refractivity contribution in [3.05, 3.63) is 41.5 Å². The van der Waals surface area contributed by atoms with Gasteiger partial charge in [-0.15, -0.1) is 0 Å². The molecule has 1 aromatic carbocycles. The molecule has 0 saturated heterocycles. The lowest BCUT2D eigenvalue weighted by molar-refractivity contribution is -0.115. The van der Waals surface area contributed by atoms with E-state index in [2.05, 4.69) is 11.9 Å². The molecule has 1 aliphatic rings. The van der Waals surface area contributed by atoms with Crippen molar-refractivity contribution in [1.29, 1.82) is 0 Å². The van der Waals surface area contributed by atoms with Gasteiger partial charge in [0.15, 0.2) is 5.78 Å². The van der Waals surface area contributed by atoms with Gasteiger partial charge in [0.2, 0.25) is 5.91 Å². The minimum atomic E-state index is -0.0721. The molecule has 0 spiro atoms. The maximum atomic E-state index is 11.6. The van der Waals surface area contributed by atoms with Crippen LogP contribution in [0.1, 0.15) is 22.8 Å². The van der Waals surface area contributed by atoms with Crippen LogP contribution in [0.4, 0.5) is 5.69 Å². The smallest absolute Gasteiger partial charge is 0.228 e. The third kappa shape index (κ3) is 1.68. The molecule has 1 aliphatic heterocycles. The van der Waals surface area contributed by atoms with Crippen LogP contribution in [-0.2, 0) is 11.2 Å². The summed E-state index contributed by atoms with van der Waals surface area (Å²) in [5.41, 5.74) is 2.79. The molecule has 0 unspecified atom stereocenters. The van der Waals surface area contributed by atoms with Crippen LogP contribution in [0.3, 0.4) is 0 Å².